The van der Waals surface area contributed by atoms with Gasteiger partial charge in [-0.3, -0.25) is 4.90 Å². The molecular weight excluding hydrogens is 356 g/mol. The predicted octanol–water partition coefficient (Wildman–Crippen LogP) is 2.65. The number of methoxy groups -OCH3 is 1. The van der Waals surface area contributed by atoms with Crippen molar-refractivity contribution >= 4 is 24.6 Å². The standard InChI is InChI=1S/C18H24N4O3.ClH/c1-4-24-16-11-13(5-7-15(16)23-3)6-8-17-20-18(21-25-17)14-12-19-9-10-22(14)2;/h5-8,11,14,19H,4,9-10,12H2,1-3H3;1H/b8-6+;. The Balaban J connectivity index is 0.00000243. The van der Waals surface area contributed by atoms with Gasteiger partial charge in [0, 0.05) is 25.7 Å². The van der Waals surface area contributed by atoms with Crippen molar-refractivity contribution in [3.63, 3.8) is 0 Å². The molecule has 1 aromatic carbocycles. The van der Waals surface area contributed by atoms with Crippen LogP contribution in [0.15, 0.2) is 22.7 Å². The van der Waals surface area contributed by atoms with E-state index in [2.05, 4.69) is 27.4 Å². The smallest absolute Gasteiger partial charge is 0.250 e. The van der Waals surface area contributed by atoms with E-state index in [9.17, 15) is 0 Å². The number of nitrogens with one attached hydrogen (secondary N) is 1. The van der Waals surface area contributed by atoms with Gasteiger partial charge in [-0.1, -0.05) is 11.2 Å². The molecule has 142 valence electrons. The predicted molar refractivity (Wildman–Crippen MR) is 103 cm³/mol. The summed E-state index contributed by atoms with van der Waals surface area (Å²) < 4.78 is 16.2. The maximum absolute atomic E-state index is 5.59. The molecule has 3 rings (SSSR count). The maximum Gasteiger partial charge on any atom is 0.250 e. The van der Waals surface area contributed by atoms with E-state index < -0.39 is 0 Å². The molecule has 0 amide bonds. The Bertz CT molecular complexity index is 735. The number of ether oxygens (including phenoxy) is 2. The molecule has 2 aromatic rings. The van der Waals surface area contributed by atoms with Gasteiger partial charge in [-0.2, -0.15) is 4.98 Å². The number of hydrogen-bond donors (Lipinski definition) is 1. The van der Waals surface area contributed by atoms with E-state index in [1.807, 2.05) is 37.3 Å². The molecule has 1 aliphatic rings. The fourth-order valence-corrected chi connectivity index (χ4v) is 2.78. The first-order valence-electron chi connectivity index (χ1n) is 8.44. The van der Waals surface area contributed by atoms with Gasteiger partial charge in [0.25, 0.3) is 5.89 Å². The molecule has 0 bridgehead atoms. The third kappa shape index (κ3) is 4.75. The number of nitrogens with zero attached hydrogens (tertiary/aromatic N) is 3. The first kappa shape index (κ1) is 20.2. The van der Waals surface area contributed by atoms with Crippen LogP contribution < -0.4 is 14.8 Å². The second-order valence-electron chi connectivity index (χ2n) is 5.87. The SMILES string of the molecule is CCOc1cc(/C=C/c2nc(C3CNCCN3C)no2)ccc1OC.Cl. The second kappa shape index (κ2) is 9.56. The Hall–Kier alpha value is -2.09. The molecule has 1 unspecified atom stereocenters. The highest BCUT2D eigenvalue weighted by Crippen LogP contribution is 2.28. The van der Waals surface area contributed by atoms with Crippen LogP contribution in [0.2, 0.25) is 0 Å². The molecule has 1 atom stereocenters. The largest absolute Gasteiger partial charge is 0.493 e. The molecule has 7 nitrogen and oxygen atoms in total. The van der Waals surface area contributed by atoms with E-state index in [-0.39, 0.29) is 18.4 Å². The molecule has 1 aliphatic heterocycles. The molecule has 0 aliphatic carbocycles. The van der Waals surface area contributed by atoms with E-state index in [1.54, 1.807) is 7.11 Å². The number of piperazine rings is 1. The highest BCUT2D eigenvalue weighted by Gasteiger charge is 2.24. The summed E-state index contributed by atoms with van der Waals surface area (Å²) in [4.78, 5) is 6.72. The average molecular weight is 381 g/mol. The van der Waals surface area contributed by atoms with Crippen LogP contribution in [0.1, 0.15) is 30.2 Å². The number of rotatable bonds is 6. The number of likely N-dealkylation sites (N-methyl/N-ethyl adjacent to an activating group) is 1. The monoisotopic (exact) mass is 380 g/mol. The number of aromatic nitrogens is 2. The van der Waals surface area contributed by atoms with Gasteiger partial charge in [0.05, 0.1) is 19.8 Å². The quantitative estimate of drug-likeness (QED) is 0.825. The van der Waals surface area contributed by atoms with Crippen molar-refractivity contribution in [2.45, 2.75) is 13.0 Å². The van der Waals surface area contributed by atoms with Crippen LogP contribution >= 0.6 is 12.4 Å². The summed E-state index contributed by atoms with van der Waals surface area (Å²) in [5.74, 6) is 2.63. The van der Waals surface area contributed by atoms with Crippen LogP contribution in [-0.2, 0) is 0 Å². The Kier molecular flexibility index (Phi) is 7.44. The summed E-state index contributed by atoms with van der Waals surface area (Å²) in [7, 11) is 3.70. The van der Waals surface area contributed by atoms with Gasteiger partial charge in [0.1, 0.15) is 0 Å². The molecule has 0 saturated carbocycles. The summed E-state index contributed by atoms with van der Waals surface area (Å²) in [6.45, 7) is 5.31. The van der Waals surface area contributed by atoms with Crippen LogP contribution in [0, 0.1) is 0 Å². The van der Waals surface area contributed by atoms with E-state index in [0.29, 0.717) is 29.8 Å². The molecule has 1 fully saturated rings. The van der Waals surface area contributed by atoms with Crippen molar-refractivity contribution in [1.29, 1.82) is 0 Å². The molecule has 0 spiro atoms. The van der Waals surface area contributed by atoms with Crippen molar-refractivity contribution in [1.82, 2.24) is 20.4 Å². The van der Waals surface area contributed by atoms with Gasteiger partial charge < -0.3 is 19.3 Å². The van der Waals surface area contributed by atoms with Crippen molar-refractivity contribution in [2.75, 3.05) is 40.4 Å². The highest BCUT2D eigenvalue weighted by atomic mass is 35.5. The summed E-state index contributed by atoms with van der Waals surface area (Å²) >= 11 is 0. The molecule has 2 heterocycles. The number of benzene rings is 1. The lowest BCUT2D eigenvalue weighted by atomic mass is 10.2. The minimum Gasteiger partial charge on any atom is -0.493 e. The second-order valence-corrected chi connectivity index (χ2v) is 5.87. The zero-order valence-electron chi connectivity index (χ0n) is 15.3. The van der Waals surface area contributed by atoms with Crippen molar-refractivity contribution in [2.24, 2.45) is 0 Å². The lowest BCUT2D eigenvalue weighted by Crippen LogP contribution is -2.44. The first-order chi connectivity index (χ1) is 12.2. The minimum absolute atomic E-state index is 0. The topological polar surface area (TPSA) is 72.7 Å². The molecule has 8 heteroatoms. The van der Waals surface area contributed by atoms with Gasteiger partial charge in [0.2, 0.25) is 0 Å². The van der Waals surface area contributed by atoms with Gasteiger partial charge in [-0.25, -0.2) is 0 Å². The summed E-state index contributed by atoms with van der Waals surface area (Å²) in [5, 5.41) is 7.47. The molecule has 1 N–H and O–H groups in total. The Morgan fingerprint density at radius 3 is 2.92 bits per heavy atom. The zero-order chi connectivity index (χ0) is 17.6. The van der Waals surface area contributed by atoms with Crippen molar-refractivity contribution in [3.8, 4) is 11.5 Å². The van der Waals surface area contributed by atoms with Crippen LogP contribution in [0.5, 0.6) is 11.5 Å². The molecule has 0 radical (unpaired) electrons. The molecule has 1 saturated heterocycles. The van der Waals surface area contributed by atoms with Crippen molar-refractivity contribution in [3.05, 3.63) is 35.5 Å². The Morgan fingerprint density at radius 2 is 2.19 bits per heavy atom. The van der Waals surface area contributed by atoms with E-state index in [1.165, 1.54) is 0 Å². The van der Waals surface area contributed by atoms with E-state index in [4.69, 9.17) is 14.0 Å². The molecule has 1 aromatic heterocycles. The first-order valence-corrected chi connectivity index (χ1v) is 8.44. The van der Waals surface area contributed by atoms with Gasteiger partial charge in [-0.15, -0.1) is 12.4 Å². The Labute approximate surface area is 159 Å². The summed E-state index contributed by atoms with van der Waals surface area (Å²) in [5.41, 5.74) is 0.973. The summed E-state index contributed by atoms with van der Waals surface area (Å²) in [6, 6.07) is 5.90. The molecule has 26 heavy (non-hydrogen) atoms. The lowest BCUT2D eigenvalue weighted by molar-refractivity contribution is 0.190. The van der Waals surface area contributed by atoms with Crippen LogP contribution in [0.4, 0.5) is 0 Å². The van der Waals surface area contributed by atoms with E-state index >= 15 is 0 Å². The third-order valence-corrected chi connectivity index (χ3v) is 4.17. The minimum atomic E-state index is 0. The van der Waals surface area contributed by atoms with Crippen LogP contribution in [-0.4, -0.2) is 55.4 Å². The fraction of sp³-hybridized carbons (Fsp3) is 0.444. The number of halogens is 1. The molecular formula is C18H25ClN4O3. The van der Waals surface area contributed by atoms with Gasteiger partial charge in [0.15, 0.2) is 17.3 Å². The maximum atomic E-state index is 5.59. The normalized spacial score (nSPS) is 17.9. The van der Waals surface area contributed by atoms with Crippen molar-refractivity contribution < 1.29 is 14.0 Å². The number of hydrogen-bond acceptors (Lipinski definition) is 7. The van der Waals surface area contributed by atoms with E-state index in [0.717, 1.165) is 25.2 Å². The Morgan fingerprint density at radius 1 is 1.35 bits per heavy atom. The zero-order valence-corrected chi connectivity index (χ0v) is 16.1. The van der Waals surface area contributed by atoms with Crippen LogP contribution in [0.3, 0.4) is 0 Å². The van der Waals surface area contributed by atoms with Crippen LogP contribution in [0.25, 0.3) is 12.2 Å². The highest BCUT2D eigenvalue weighted by molar-refractivity contribution is 5.85. The van der Waals surface area contributed by atoms with Gasteiger partial charge in [-0.05, 0) is 37.7 Å². The third-order valence-electron chi connectivity index (χ3n) is 4.17. The fourth-order valence-electron chi connectivity index (χ4n) is 2.78. The lowest BCUT2D eigenvalue weighted by Gasteiger charge is -2.30. The summed E-state index contributed by atoms with van der Waals surface area (Å²) in [6.07, 6.45) is 3.73. The average Bonchev–Trinajstić information content (AvgIpc) is 3.09. The van der Waals surface area contributed by atoms with Gasteiger partial charge >= 0.3 is 0 Å².